The van der Waals surface area contributed by atoms with Crippen LogP contribution in [0.25, 0.3) is 0 Å². The van der Waals surface area contributed by atoms with Crippen molar-refractivity contribution < 1.29 is 4.79 Å². The van der Waals surface area contributed by atoms with Crippen LogP contribution in [0.5, 0.6) is 0 Å². The lowest BCUT2D eigenvalue weighted by Gasteiger charge is -2.22. The first-order valence-electron chi connectivity index (χ1n) is 9.46. The maximum absolute atomic E-state index is 12.2. The van der Waals surface area contributed by atoms with Crippen molar-refractivity contribution in [3.63, 3.8) is 0 Å². The first kappa shape index (κ1) is 17.4. The zero-order valence-corrected chi connectivity index (χ0v) is 14.5. The highest BCUT2D eigenvalue weighted by Crippen LogP contribution is 2.17. The van der Waals surface area contributed by atoms with Crippen LogP contribution in [0.15, 0.2) is 6.20 Å². The van der Waals surface area contributed by atoms with E-state index in [1.54, 1.807) is 6.20 Å². The Hall–Kier alpha value is -1.47. The standard InChI is InChI=1S/C17H30N6O/c24-17(19-8-5-13-22-11-3-1-2-4-12-22)16-14-23(21-20-16)15-6-9-18-10-7-15/h14-15,18H,1-13H2,(H,19,24). The Morgan fingerprint density at radius 2 is 1.96 bits per heavy atom. The lowest BCUT2D eigenvalue weighted by molar-refractivity contribution is 0.0946. The fourth-order valence-corrected chi connectivity index (χ4v) is 3.59. The van der Waals surface area contributed by atoms with Crippen LogP contribution in [0, 0.1) is 0 Å². The molecule has 1 aromatic rings. The number of nitrogens with zero attached hydrogens (tertiary/aromatic N) is 4. The highest BCUT2D eigenvalue weighted by Gasteiger charge is 2.18. The van der Waals surface area contributed by atoms with Crippen molar-refractivity contribution in [3.05, 3.63) is 11.9 Å². The Morgan fingerprint density at radius 3 is 2.71 bits per heavy atom. The summed E-state index contributed by atoms with van der Waals surface area (Å²) in [7, 11) is 0. The quantitative estimate of drug-likeness (QED) is 0.765. The van der Waals surface area contributed by atoms with Crippen molar-refractivity contribution in [1.29, 1.82) is 0 Å². The number of hydrogen-bond acceptors (Lipinski definition) is 5. The van der Waals surface area contributed by atoms with Crippen LogP contribution in [-0.4, -0.2) is 65.1 Å². The van der Waals surface area contributed by atoms with Crippen molar-refractivity contribution in [2.75, 3.05) is 39.3 Å². The summed E-state index contributed by atoms with van der Waals surface area (Å²) in [6.07, 6.45) is 10.2. The van der Waals surface area contributed by atoms with E-state index in [0.29, 0.717) is 18.3 Å². The molecule has 2 aliphatic rings. The SMILES string of the molecule is O=C(NCCCN1CCCCCC1)c1cn(C2CCNCC2)nn1. The highest BCUT2D eigenvalue weighted by atomic mass is 16.2. The average Bonchev–Trinajstić information content (AvgIpc) is 2.97. The van der Waals surface area contributed by atoms with Gasteiger partial charge in [-0.1, -0.05) is 18.1 Å². The summed E-state index contributed by atoms with van der Waals surface area (Å²) < 4.78 is 1.85. The molecule has 2 N–H and O–H groups in total. The molecule has 0 radical (unpaired) electrons. The van der Waals surface area contributed by atoms with Gasteiger partial charge in [-0.2, -0.15) is 0 Å². The normalized spacial score (nSPS) is 20.7. The molecule has 1 amide bonds. The molecule has 134 valence electrons. The van der Waals surface area contributed by atoms with Gasteiger partial charge < -0.3 is 15.5 Å². The number of carbonyl (C=O) groups is 1. The van der Waals surface area contributed by atoms with E-state index in [2.05, 4.69) is 25.8 Å². The molecule has 0 unspecified atom stereocenters. The number of amides is 1. The van der Waals surface area contributed by atoms with E-state index in [-0.39, 0.29) is 5.91 Å². The largest absolute Gasteiger partial charge is 0.351 e. The van der Waals surface area contributed by atoms with Gasteiger partial charge in [-0.05, 0) is 64.8 Å². The van der Waals surface area contributed by atoms with E-state index < -0.39 is 0 Å². The van der Waals surface area contributed by atoms with Crippen molar-refractivity contribution in [2.24, 2.45) is 0 Å². The predicted octanol–water partition coefficient (Wildman–Crippen LogP) is 1.20. The van der Waals surface area contributed by atoms with Gasteiger partial charge in [0, 0.05) is 6.54 Å². The third kappa shape index (κ3) is 5.01. The summed E-state index contributed by atoms with van der Waals surface area (Å²) in [5.74, 6) is -0.106. The molecule has 2 aliphatic heterocycles. The van der Waals surface area contributed by atoms with Crippen LogP contribution in [0.4, 0.5) is 0 Å². The van der Waals surface area contributed by atoms with Gasteiger partial charge in [0.15, 0.2) is 5.69 Å². The third-order valence-electron chi connectivity index (χ3n) is 5.06. The molecule has 2 saturated heterocycles. The van der Waals surface area contributed by atoms with Crippen LogP contribution in [0.3, 0.4) is 0 Å². The van der Waals surface area contributed by atoms with Crippen molar-refractivity contribution in [1.82, 2.24) is 30.5 Å². The van der Waals surface area contributed by atoms with Crippen LogP contribution < -0.4 is 10.6 Å². The number of carbonyl (C=O) groups excluding carboxylic acids is 1. The molecule has 24 heavy (non-hydrogen) atoms. The molecule has 0 bridgehead atoms. The maximum Gasteiger partial charge on any atom is 0.273 e. The second-order valence-corrected chi connectivity index (χ2v) is 6.93. The Kier molecular flexibility index (Phi) is 6.60. The zero-order chi connectivity index (χ0) is 16.6. The molecule has 1 aromatic heterocycles. The first-order chi connectivity index (χ1) is 11.8. The number of piperidine rings is 1. The van der Waals surface area contributed by atoms with E-state index in [9.17, 15) is 4.79 Å². The minimum Gasteiger partial charge on any atom is -0.351 e. The number of likely N-dealkylation sites (tertiary alicyclic amines) is 1. The lowest BCUT2D eigenvalue weighted by atomic mass is 10.1. The second kappa shape index (κ2) is 9.13. The summed E-state index contributed by atoms with van der Waals surface area (Å²) >= 11 is 0. The van der Waals surface area contributed by atoms with E-state index in [1.807, 2.05) is 4.68 Å². The molecule has 0 aromatic carbocycles. The second-order valence-electron chi connectivity index (χ2n) is 6.93. The van der Waals surface area contributed by atoms with Gasteiger partial charge in [0.05, 0.1) is 12.2 Å². The summed E-state index contributed by atoms with van der Waals surface area (Å²) in [5.41, 5.74) is 0.434. The fourth-order valence-electron chi connectivity index (χ4n) is 3.59. The Bertz CT molecular complexity index is 503. The fraction of sp³-hybridized carbons (Fsp3) is 0.824. The van der Waals surface area contributed by atoms with Crippen LogP contribution in [0.2, 0.25) is 0 Å². The summed E-state index contributed by atoms with van der Waals surface area (Å²) in [6, 6.07) is 0.364. The molecule has 7 nitrogen and oxygen atoms in total. The van der Waals surface area contributed by atoms with Crippen molar-refractivity contribution in [3.8, 4) is 0 Å². The zero-order valence-electron chi connectivity index (χ0n) is 14.5. The number of hydrogen-bond donors (Lipinski definition) is 2. The predicted molar refractivity (Wildman–Crippen MR) is 93.0 cm³/mol. The summed E-state index contributed by atoms with van der Waals surface area (Å²) in [4.78, 5) is 14.7. The summed E-state index contributed by atoms with van der Waals surface area (Å²) in [6.45, 7) is 6.19. The number of rotatable bonds is 6. The van der Waals surface area contributed by atoms with Gasteiger partial charge in [0.25, 0.3) is 5.91 Å². The van der Waals surface area contributed by atoms with Crippen molar-refractivity contribution >= 4 is 5.91 Å². The topological polar surface area (TPSA) is 75.1 Å². The highest BCUT2D eigenvalue weighted by molar-refractivity contribution is 5.91. The maximum atomic E-state index is 12.2. The number of nitrogens with one attached hydrogen (secondary N) is 2. The Balaban J connectivity index is 1.38. The van der Waals surface area contributed by atoms with E-state index in [4.69, 9.17) is 0 Å². The Labute approximate surface area is 144 Å². The molecule has 0 spiro atoms. The van der Waals surface area contributed by atoms with Crippen molar-refractivity contribution in [2.45, 2.75) is 51.0 Å². The molecule has 0 atom stereocenters. The van der Waals surface area contributed by atoms with Gasteiger partial charge in [0.2, 0.25) is 0 Å². The molecular weight excluding hydrogens is 304 g/mol. The average molecular weight is 334 g/mol. The van der Waals surface area contributed by atoms with Gasteiger partial charge in [-0.15, -0.1) is 5.10 Å². The van der Waals surface area contributed by atoms with Gasteiger partial charge in [0.1, 0.15) is 0 Å². The molecule has 3 rings (SSSR count). The summed E-state index contributed by atoms with van der Waals surface area (Å²) in [5, 5.41) is 14.5. The molecular formula is C17H30N6O. The molecule has 7 heteroatoms. The lowest BCUT2D eigenvalue weighted by Crippen LogP contribution is -2.31. The van der Waals surface area contributed by atoms with E-state index in [0.717, 1.165) is 38.9 Å². The van der Waals surface area contributed by atoms with E-state index >= 15 is 0 Å². The molecule has 2 fully saturated rings. The van der Waals surface area contributed by atoms with Gasteiger partial charge in [-0.3, -0.25) is 4.79 Å². The van der Waals surface area contributed by atoms with Crippen LogP contribution in [-0.2, 0) is 0 Å². The van der Waals surface area contributed by atoms with Crippen LogP contribution in [0.1, 0.15) is 61.5 Å². The number of aromatic nitrogens is 3. The first-order valence-corrected chi connectivity index (χ1v) is 9.46. The monoisotopic (exact) mass is 334 g/mol. The smallest absolute Gasteiger partial charge is 0.273 e. The Morgan fingerprint density at radius 1 is 1.21 bits per heavy atom. The molecule has 0 aliphatic carbocycles. The third-order valence-corrected chi connectivity index (χ3v) is 5.06. The molecule has 0 saturated carbocycles. The minimum atomic E-state index is -0.106. The molecule has 3 heterocycles. The van der Waals surface area contributed by atoms with E-state index in [1.165, 1.54) is 38.8 Å². The van der Waals surface area contributed by atoms with Gasteiger partial charge in [-0.25, -0.2) is 4.68 Å². The van der Waals surface area contributed by atoms with Crippen LogP contribution >= 0.6 is 0 Å². The van der Waals surface area contributed by atoms with Gasteiger partial charge >= 0.3 is 0 Å². The minimum absolute atomic E-state index is 0.106.